The number of benzene rings is 3. The maximum atomic E-state index is 12.0. The first-order chi connectivity index (χ1) is 20.7. The Morgan fingerprint density at radius 1 is 0.907 bits per heavy atom. The average Bonchev–Trinajstić information content (AvgIpc) is 3.50. The van der Waals surface area contributed by atoms with Crippen LogP contribution < -0.4 is 19.5 Å². The van der Waals surface area contributed by atoms with Gasteiger partial charge in [0.2, 0.25) is 0 Å². The summed E-state index contributed by atoms with van der Waals surface area (Å²) in [6.45, 7) is 6.71. The van der Waals surface area contributed by atoms with Crippen molar-refractivity contribution < 1.29 is 38.2 Å². The Labute approximate surface area is 250 Å². The molecule has 1 heterocycles. The molecule has 0 amide bonds. The Hall–Kier alpha value is -4.67. The summed E-state index contributed by atoms with van der Waals surface area (Å²) in [4.78, 5) is 23.8. The van der Waals surface area contributed by atoms with Gasteiger partial charge in [-0.2, -0.15) is 0 Å². The standard InChI is InChI=1S/C33H36N2O8/c1-4-39-32(38)25-9-15-29(16-10-25)42-28-13-7-24(8-14-28)20-33(2,3)34-21-26(36)22-40-27-11-5-23(6-12-27)19-31(37)43-30-17-18-41-35-30/h5-18,26,34,36H,4,19-22H2,1-3H3/t26-/m0/s1. The molecule has 0 aliphatic carbocycles. The van der Waals surface area contributed by atoms with E-state index in [0.717, 1.165) is 17.5 Å². The number of carbonyl (C=O) groups excluding carboxylic acids is 2. The summed E-state index contributed by atoms with van der Waals surface area (Å²) in [5.41, 5.74) is 2.06. The fourth-order valence-corrected chi connectivity index (χ4v) is 4.18. The number of β-amino-alcohol motifs (C(OH)–C–C–N with tert-alkyl or cyclic N) is 1. The van der Waals surface area contributed by atoms with Crippen molar-refractivity contribution in [3.05, 3.63) is 102 Å². The summed E-state index contributed by atoms with van der Waals surface area (Å²) in [6, 6.07) is 23.1. The second-order valence-electron chi connectivity index (χ2n) is 10.5. The van der Waals surface area contributed by atoms with Crippen molar-refractivity contribution in [1.82, 2.24) is 10.5 Å². The second-order valence-corrected chi connectivity index (χ2v) is 10.5. The Bertz CT molecular complexity index is 1430. The van der Waals surface area contributed by atoms with E-state index in [1.165, 1.54) is 12.3 Å². The van der Waals surface area contributed by atoms with Gasteiger partial charge in [0.05, 0.1) is 18.6 Å². The normalized spacial score (nSPS) is 11.9. The number of hydrogen-bond donors (Lipinski definition) is 2. The number of aliphatic hydroxyl groups excluding tert-OH is 1. The molecule has 0 saturated heterocycles. The van der Waals surface area contributed by atoms with Gasteiger partial charge in [-0.3, -0.25) is 4.79 Å². The zero-order valence-corrected chi connectivity index (χ0v) is 24.4. The summed E-state index contributed by atoms with van der Waals surface area (Å²) in [5, 5.41) is 17.4. The van der Waals surface area contributed by atoms with Crippen molar-refractivity contribution in [1.29, 1.82) is 0 Å². The highest BCUT2D eigenvalue weighted by Gasteiger charge is 2.20. The van der Waals surface area contributed by atoms with Crippen molar-refractivity contribution in [2.45, 2.75) is 45.3 Å². The van der Waals surface area contributed by atoms with Crippen LogP contribution in [0.5, 0.6) is 23.1 Å². The molecule has 4 aromatic rings. The smallest absolute Gasteiger partial charge is 0.338 e. The van der Waals surface area contributed by atoms with Gasteiger partial charge in [0.1, 0.15) is 36.2 Å². The third-order valence-electron chi connectivity index (χ3n) is 6.33. The highest BCUT2D eigenvalue weighted by molar-refractivity contribution is 5.89. The van der Waals surface area contributed by atoms with Crippen molar-refractivity contribution in [3.8, 4) is 23.1 Å². The molecule has 0 fully saturated rings. The predicted molar refractivity (Wildman–Crippen MR) is 158 cm³/mol. The van der Waals surface area contributed by atoms with Crippen LogP contribution in [0.2, 0.25) is 0 Å². The van der Waals surface area contributed by atoms with Crippen LogP contribution in [0, 0.1) is 0 Å². The molecule has 10 nitrogen and oxygen atoms in total. The molecule has 0 aliphatic heterocycles. The van der Waals surface area contributed by atoms with Crippen LogP contribution in [-0.2, 0) is 22.4 Å². The minimum atomic E-state index is -0.720. The molecule has 2 N–H and O–H groups in total. The first-order valence-electron chi connectivity index (χ1n) is 14.0. The number of ether oxygens (including phenoxy) is 4. The fourth-order valence-electron chi connectivity index (χ4n) is 4.18. The van der Waals surface area contributed by atoms with E-state index in [0.29, 0.717) is 36.0 Å². The lowest BCUT2D eigenvalue weighted by Crippen LogP contribution is -2.46. The number of nitrogens with one attached hydrogen (secondary N) is 1. The molecular formula is C33H36N2O8. The minimum absolute atomic E-state index is 0.0802. The molecule has 0 bridgehead atoms. The van der Waals surface area contributed by atoms with E-state index in [1.807, 2.05) is 24.3 Å². The van der Waals surface area contributed by atoms with Gasteiger partial charge in [-0.25, -0.2) is 4.79 Å². The van der Waals surface area contributed by atoms with Crippen LogP contribution in [-0.4, -0.2) is 53.6 Å². The summed E-state index contributed by atoms with van der Waals surface area (Å²) < 4.78 is 26.3. The topological polar surface area (TPSA) is 129 Å². The summed E-state index contributed by atoms with van der Waals surface area (Å²) in [7, 11) is 0. The first-order valence-corrected chi connectivity index (χ1v) is 14.0. The Balaban J connectivity index is 1.17. The van der Waals surface area contributed by atoms with Gasteiger partial charge >= 0.3 is 11.9 Å². The van der Waals surface area contributed by atoms with Gasteiger partial charge < -0.3 is 33.9 Å². The van der Waals surface area contributed by atoms with E-state index in [9.17, 15) is 14.7 Å². The Morgan fingerprint density at radius 3 is 2.16 bits per heavy atom. The predicted octanol–water partition coefficient (Wildman–Crippen LogP) is 5.14. The van der Waals surface area contributed by atoms with Crippen LogP contribution in [0.25, 0.3) is 0 Å². The third kappa shape index (κ3) is 10.3. The molecule has 0 aliphatic rings. The van der Waals surface area contributed by atoms with E-state index in [-0.39, 0.29) is 30.4 Å². The quantitative estimate of drug-likeness (QED) is 0.180. The van der Waals surface area contributed by atoms with Crippen LogP contribution in [0.15, 0.2) is 89.6 Å². The largest absolute Gasteiger partial charge is 0.491 e. The number of rotatable bonds is 15. The highest BCUT2D eigenvalue weighted by atomic mass is 16.6. The molecule has 0 saturated carbocycles. The van der Waals surface area contributed by atoms with E-state index >= 15 is 0 Å². The van der Waals surface area contributed by atoms with E-state index in [4.69, 9.17) is 18.9 Å². The second kappa shape index (κ2) is 15.0. The van der Waals surface area contributed by atoms with Crippen LogP contribution >= 0.6 is 0 Å². The molecule has 0 unspecified atom stereocenters. The van der Waals surface area contributed by atoms with Gasteiger partial charge in [-0.05, 0) is 92.0 Å². The SMILES string of the molecule is CCOC(=O)c1ccc(Oc2ccc(CC(C)(C)NC[C@H](O)COc3ccc(CC(=O)Oc4ccon4)cc3)cc2)cc1. The van der Waals surface area contributed by atoms with Crippen LogP contribution in [0.4, 0.5) is 0 Å². The lowest BCUT2D eigenvalue weighted by molar-refractivity contribution is -0.134. The highest BCUT2D eigenvalue weighted by Crippen LogP contribution is 2.24. The van der Waals surface area contributed by atoms with Crippen molar-refractivity contribution in [2.75, 3.05) is 19.8 Å². The monoisotopic (exact) mass is 588 g/mol. The first kappa shape index (κ1) is 31.3. The molecule has 1 atom stereocenters. The maximum absolute atomic E-state index is 12.0. The van der Waals surface area contributed by atoms with Gasteiger partial charge in [0.15, 0.2) is 0 Å². The molecule has 226 valence electrons. The van der Waals surface area contributed by atoms with Crippen LogP contribution in [0.1, 0.15) is 42.3 Å². The molecule has 43 heavy (non-hydrogen) atoms. The molecular weight excluding hydrogens is 552 g/mol. The number of aromatic nitrogens is 1. The molecule has 3 aromatic carbocycles. The van der Waals surface area contributed by atoms with Crippen LogP contribution in [0.3, 0.4) is 0 Å². The number of aliphatic hydroxyl groups is 1. The Morgan fingerprint density at radius 2 is 1.53 bits per heavy atom. The van der Waals surface area contributed by atoms with E-state index < -0.39 is 12.1 Å². The molecule has 0 spiro atoms. The maximum Gasteiger partial charge on any atom is 0.338 e. The zero-order valence-electron chi connectivity index (χ0n) is 24.4. The Kier molecular flexibility index (Phi) is 10.9. The van der Waals surface area contributed by atoms with Gasteiger partial charge in [-0.1, -0.05) is 24.3 Å². The average molecular weight is 589 g/mol. The number of nitrogens with zero attached hydrogens (tertiary/aromatic N) is 1. The van der Waals surface area contributed by atoms with Crippen molar-refractivity contribution >= 4 is 11.9 Å². The number of esters is 2. The molecule has 0 radical (unpaired) electrons. The summed E-state index contributed by atoms with van der Waals surface area (Å²) >= 11 is 0. The van der Waals surface area contributed by atoms with Gasteiger partial charge in [0, 0.05) is 18.2 Å². The fraction of sp³-hybridized carbons (Fsp3) is 0.303. The molecule has 1 aromatic heterocycles. The summed E-state index contributed by atoms with van der Waals surface area (Å²) in [5.74, 6) is 1.21. The molecule has 10 heteroatoms. The van der Waals surface area contributed by atoms with Gasteiger partial charge in [0.25, 0.3) is 5.88 Å². The minimum Gasteiger partial charge on any atom is -0.491 e. The molecule has 4 rings (SSSR count). The third-order valence-corrected chi connectivity index (χ3v) is 6.33. The van der Waals surface area contributed by atoms with Crippen molar-refractivity contribution in [2.24, 2.45) is 0 Å². The van der Waals surface area contributed by atoms with Gasteiger partial charge in [-0.15, -0.1) is 0 Å². The number of hydrogen-bond acceptors (Lipinski definition) is 10. The zero-order chi connectivity index (χ0) is 30.7. The lowest BCUT2D eigenvalue weighted by atomic mass is 9.94. The van der Waals surface area contributed by atoms with E-state index in [2.05, 4.69) is 28.8 Å². The van der Waals surface area contributed by atoms with E-state index in [1.54, 1.807) is 55.5 Å². The summed E-state index contributed by atoms with van der Waals surface area (Å²) in [6.07, 6.45) is 1.42. The van der Waals surface area contributed by atoms with Crippen molar-refractivity contribution in [3.63, 3.8) is 0 Å². The number of carbonyl (C=O) groups is 2. The lowest BCUT2D eigenvalue weighted by Gasteiger charge is -2.28.